The number of nitro benzene ring substituents is 1. The van der Waals surface area contributed by atoms with Crippen LogP contribution < -0.4 is 4.74 Å². The Morgan fingerprint density at radius 2 is 2.00 bits per heavy atom. The summed E-state index contributed by atoms with van der Waals surface area (Å²) >= 11 is 11.6. The Bertz CT molecular complexity index is 533. The van der Waals surface area contributed by atoms with E-state index in [-0.39, 0.29) is 28.1 Å². The standard InChI is InChI=1S/C11H9Cl2NO5/c1-6(2-10(15)16)5-19-11-8(12)3-7(14(17)18)4-9(11)13/h2-4H,5H2,1H3,(H,15,16). The number of hydrogen-bond donors (Lipinski definition) is 1. The van der Waals surface area contributed by atoms with Crippen LogP contribution >= 0.6 is 23.2 Å². The Morgan fingerprint density at radius 1 is 1.47 bits per heavy atom. The highest BCUT2D eigenvalue weighted by Gasteiger charge is 2.15. The van der Waals surface area contributed by atoms with Crippen LogP contribution in [0.15, 0.2) is 23.8 Å². The van der Waals surface area contributed by atoms with Gasteiger partial charge >= 0.3 is 5.97 Å². The van der Waals surface area contributed by atoms with E-state index in [4.69, 9.17) is 33.0 Å². The zero-order valence-corrected chi connectivity index (χ0v) is 11.2. The number of carboxylic acid groups (broad SMARTS) is 1. The number of rotatable bonds is 5. The van der Waals surface area contributed by atoms with Gasteiger partial charge in [-0.05, 0) is 12.5 Å². The molecule has 0 unspecified atom stereocenters. The molecule has 0 aliphatic rings. The number of nitrogens with zero attached hydrogens (tertiary/aromatic N) is 1. The lowest BCUT2D eigenvalue weighted by Crippen LogP contribution is -2.02. The molecule has 0 atom stereocenters. The average Bonchev–Trinajstić information content (AvgIpc) is 2.26. The Hall–Kier alpha value is -1.79. The summed E-state index contributed by atoms with van der Waals surface area (Å²) in [7, 11) is 0. The summed E-state index contributed by atoms with van der Waals surface area (Å²) in [5.74, 6) is -1.02. The lowest BCUT2D eigenvalue weighted by Gasteiger charge is -2.09. The monoisotopic (exact) mass is 305 g/mol. The molecule has 0 heterocycles. The fraction of sp³-hybridized carbons (Fsp3) is 0.182. The largest absolute Gasteiger partial charge is 0.486 e. The highest BCUT2D eigenvalue weighted by atomic mass is 35.5. The average molecular weight is 306 g/mol. The van der Waals surface area contributed by atoms with Crippen molar-refractivity contribution in [2.75, 3.05) is 6.61 Å². The van der Waals surface area contributed by atoms with Crippen molar-refractivity contribution < 1.29 is 19.6 Å². The summed E-state index contributed by atoms with van der Waals surface area (Å²) in [6.07, 6.45) is 0.979. The molecular weight excluding hydrogens is 297 g/mol. The van der Waals surface area contributed by atoms with Crippen LogP contribution in [0.1, 0.15) is 6.92 Å². The number of hydrogen-bond acceptors (Lipinski definition) is 4. The summed E-state index contributed by atoms with van der Waals surface area (Å²) in [5, 5.41) is 19.1. The van der Waals surface area contributed by atoms with E-state index in [0.29, 0.717) is 5.57 Å². The highest BCUT2D eigenvalue weighted by Crippen LogP contribution is 2.36. The van der Waals surface area contributed by atoms with Gasteiger partial charge in [-0.3, -0.25) is 10.1 Å². The molecule has 0 spiro atoms. The Labute approximate surface area is 118 Å². The second-order valence-corrected chi connectivity index (χ2v) is 4.43. The van der Waals surface area contributed by atoms with Gasteiger partial charge in [-0.1, -0.05) is 23.2 Å². The van der Waals surface area contributed by atoms with Crippen LogP contribution in [0.3, 0.4) is 0 Å². The van der Waals surface area contributed by atoms with Crippen LogP contribution in [-0.4, -0.2) is 22.6 Å². The lowest BCUT2D eigenvalue weighted by molar-refractivity contribution is -0.384. The molecule has 0 aromatic heterocycles. The molecule has 1 N–H and O–H groups in total. The summed E-state index contributed by atoms with van der Waals surface area (Å²) in [6, 6.07) is 2.22. The first-order valence-electron chi connectivity index (χ1n) is 4.97. The minimum Gasteiger partial charge on any atom is -0.486 e. The number of aliphatic carboxylic acids is 1. The highest BCUT2D eigenvalue weighted by molar-refractivity contribution is 6.37. The summed E-state index contributed by atoms with van der Waals surface area (Å²) < 4.78 is 5.25. The second-order valence-electron chi connectivity index (χ2n) is 3.61. The number of halogens is 2. The molecule has 8 heteroatoms. The maximum atomic E-state index is 10.6. The van der Waals surface area contributed by atoms with Gasteiger partial charge < -0.3 is 9.84 Å². The minimum atomic E-state index is -1.10. The normalized spacial score (nSPS) is 11.2. The van der Waals surface area contributed by atoms with E-state index in [2.05, 4.69) is 0 Å². The maximum Gasteiger partial charge on any atom is 0.328 e. The lowest BCUT2D eigenvalue weighted by atomic mass is 10.3. The number of carboxylic acids is 1. The minimum absolute atomic E-state index is 0.0117. The fourth-order valence-electron chi connectivity index (χ4n) is 1.23. The van der Waals surface area contributed by atoms with E-state index in [0.717, 1.165) is 18.2 Å². The molecule has 0 radical (unpaired) electrons. The third kappa shape index (κ3) is 4.42. The Morgan fingerprint density at radius 3 is 2.42 bits per heavy atom. The summed E-state index contributed by atoms with van der Waals surface area (Å²) in [6.45, 7) is 1.52. The van der Waals surface area contributed by atoms with Gasteiger partial charge in [-0.2, -0.15) is 0 Å². The molecule has 0 amide bonds. The van der Waals surface area contributed by atoms with Crippen LogP contribution in [0, 0.1) is 10.1 Å². The van der Waals surface area contributed by atoms with Crippen LogP contribution in [0.2, 0.25) is 10.0 Å². The molecule has 0 aliphatic heterocycles. The van der Waals surface area contributed by atoms with Crippen molar-refractivity contribution in [2.45, 2.75) is 6.92 Å². The topological polar surface area (TPSA) is 89.7 Å². The van der Waals surface area contributed by atoms with Gasteiger partial charge in [0.05, 0.1) is 15.0 Å². The van der Waals surface area contributed by atoms with Gasteiger partial charge in [0.15, 0.2) is 5.75 Å². The third-order valence-electron chi connectivity index (χ3n) is 2.01. The molecule has 0 bridgehead atoms. The van der Waals surface area contributed by atoms with Gasteiger partial charge in [0, 0.05) is 18.2 Å². The van der Waals surface area contributed by atoms with Crippen molar-refractivity contribution in [3.05, 3.63) is 43.9 Å². The number of nitro groups is 1. The van der Waals surface area contributed by atoms with Gasteiger partial charge in [0.25, 0.3) is 5.69 Å². The van der Waals surface area contributed by atoms with Gasteiger partial charge in [-0.15, -0.1) is 0 Å². The molecule has 1 aromatic rings. The van der Waals surface area contributed by atoms with E-state index in [1.807, 2.05) is 0 Å². The molecule has 0 saturated carbocycles. The van der Waals surface area contributed by atoms with Crippen molar-refractivity contribution >= 4 is 34.9 Å². The number of benzene rings is 1. The first-order valence-corrected chi connectivity index (χ1v) is 5.73. The molecule has 0 aliphatic carbocycles. The van der Waals surface area contributed by atoms with Crippen molar-refractivity contribution in [1.82, 2.24) is 0 Å². The summed E-state index contributed by atoms with van der Waals surface area (Å²) in [4.78, 5) is 20.4. The zero-order valence-electron chi connectivity index (χ0n) is 9.72. The molecule has 6 nitrogen and oxygen atoms in total. The van der Waals surface area contributed by atoms with Crippen molar-refractivity contribution in [3.8, 4) is 5.75 Å². The Kier molecular flexibility index (Phi) is 5.14. The number of non-ortho nitro benzene ring substituents is 1. The third-order valence-corrected chi connectivity index (χ3v) is 2.57. The zero-order chi connectivity index (χ0) is 14.6. The molecule has 19 heavy (non-hydrogen) atoms. The number of carbonyl (C=O) groups is 1. The molecular formula is C11H9Cl2NO5. The number of ether oxygens (including phenoxy) is 1. The predicted molar refractivity (Wildman–Crippen MR) is 70.0 cm³/mol. The first kappa shape index (κ1) is 15.3. The van der Waals surface area contributed by atoms with Crippen molar-refractivity contribution in [3.63, 3.8) is 0 Å². The van der Waals surface area contributed by atoms with Crippen LogP contribution in [0.25, 0.3) is 0 Å². The Balaban J connectivity index is 2.91. The van der Waals surface area contributed by atoms with Crippen LogP contribution in [0.5, 0.6) is 5.75 Å². The molecule has 102 valence electrons. The smallest absolute Gasteiger partial charge is 0.328 e. The molecule has 1 aromatic carbocycles. The molecule has 1 rings (SSSR count). The maximum absolute atomic E-state index is 10.6. The molecule has 0 saturated heterocycles. The first-order chi connectivity index (χ1) is 8.81. The summed E-state index contributed by atoms with van der Waals surface area (Å²) in [5.41, 5.74) is 0.193. The van der Waals surface area contributed by atoms with E-state index in [1.54, 1.807) is 6.92 Å². The molecule has 0 fully saturated rings. The fourth-order valence-corrected chi connectivity index (χ4v) is 1.81. The van der Waals surface area contributed by atoms with Crippen LogP contribution in [-0.2, 0) is 4.79 Å². The van der Waals surface area contributed by atoms with Crippen molar-refractivity contribution in [2.24, 2.45) is 0 Å². The van der Waals surface area contributed by atoms with Crippen molar-refractivity contribution in [1.29, 1.82) is 0 Å². The SMILES string of the molecule is CC(=CC(=O)O)COc1c(Cl)cc([N+](=O)[O-])cc1Cl. The quantitative estimate of drug-likeness (QED) is 0.512. The predicted octanol–water partition coefficient (Wildman–Crippen LogP) is 3.31. The second kappa shape index (κ2) is 6.40. The van der Waals surface area contributed by atoms with E-state index < -0.39 is 10.9 Å². The van der Waals surface area contributed by atoms with Gasteiger partial charge in [-0.25, -0.2) is 4.79 Å². The van der Waals surface area contributed by atoms with Gasteiger partial charge in [0.2, 0.25) is 0 Å². The van der Waals surface area contributed by atoms with E-state index in [9.17, 15) is 14.9 Å². The van der Waals surface area contributed by atoms with E-state index >= 15 is 0 Å². The van der Waals surface area contributed by atoms with Gasteiger partial charge in [0.1, 0.15) is 6.61 Å². The van der Waals surface area contributed by atoms with Crippen LogP contribution in [0.4, 0.5) is 5.69 Å². The van der Waals surface area contributed by atoms with E-state index in [1.165, 1.54) is 0 Å².